The molecule has 2 heterocycles. The molecule has 67 heavy (non-hydrogen) atoms. The molecule has 2 aliphatic carbocycles. The molecule has 0 radical (unpaired) electrons. The van der Waals surface area contributed by atoms with Gasteiger partial charge in [-0.2, -0.15) is 0 Å². The molecule has 11 aromatic rings. The van der Waals surface area contributed by atoms with Gasteiger partial charge < -0.3 is 14.4 Å². The number of rotatable bonds is 3. The van der Waals surface area contributed by atoms with Crippen LogP contribution < -0.4 is 14.4 Å². The summed E-state index contributed by atoms with van der Waals surface area (Å²) in [5, 5.41) is 4.91. The van der Waals surface area contributed by atoms with E-state index in [1.165, 1.54) is 66.1 Å². The summed E-state index contributed by atoms with van der Waals surface area (Å²) < 4.78 is 13.5. The first-order valence-electron chi connectivity index (χ1n) is 23.2. The summed E-state index contributed by atoms with van der Waals surface area (Å²) >= 11 is 0. The molecule has 3 nitrogen and oxygen atoms in total. The third kappa shape index (κ3) is 4.65. The van der Waals surface area contributed by atoms with Gasteiger partial charge in [0.15, 0.2) is 0 Å². The van der Waals surface area contributed by atoms with Crippen LogP contribution in [0.1, 0.15) is 44.5 Å². The Labute approximate surface area is 388 Å². The standard InChI is InChI=1S/C64H39NO2/c1-2-18-43-40(17-1)35-36-41-39-42(37-38-44(41)43)65(55-29-15-27-53-61(55)45-19-3-5-21-47(45)63(53)49-23-7-11-31-57(49)66-58-32-12-8-24-50(58)63)56-30-16-28-54-62(56)46-20-4-6-22-48(46)64(54)51-25-9-13-33-59(51)67-60-34-14-10-26-52(60)64/h1-39H. The lowest BCUT2D eigenvalue weighted by atomic mass is 9.66. The van der Waals surface area contributed by atoms with Gasteiger partial charge in [0.05, 0.1) is 22.2 Å². The van der Waals surface area contributed by atoms with E-state index in [2.05, 4.69) is 241 Å². The molecule has 0 bridgehead atoms. The number of nitrogens with zero attached hydrogens (tertiary/aromatic N) is 1. The number of anilines is 3. The van der Waals surface area contributed by atoms with Crippen molar-refractivity contribution in [3.05, 3.63) is 281 Å². The molecule has 0 atom stereocenters. The van der Waals surface area contributed by atoms with Crippen molar-refractivity contribution in [1.82, 2.24) is 0 Å². The highest BCUT2D eigenvalue weighted by Crippen LogP contribution is 2.67. The molecule has 0 aromatic heterocycles. The molecule has 11 aromatic carbocycles. The van der Waals surface area contributed by atoms with E-state index in [9.17, 15) is 0 Å². The smallest absolute Gasteiger partial charge is 0.132 e. The van der Waals surface area contributed by atoms with Crippen LogP contribution in [0.2, 0.25) is 0 Å². The van der Waals surface area contributed by atoms with Crippen molar-refractivity contribution in [3.8, 4) is 45.3 Å². The van der Waals surface area contributed by atoms with E-state index in [4.69, 9.17) is 9.47 Å². The van der Waals surface area contributed by atoms with Crippen LogP contribution >= 0.6 is 0 Å². The minimum Gasteiger partial charge on any atom is -0.457 e. The van der Waals surface area contributed by atoms with E-state index < -0.39 is 10.8 Å². The van der Waals surface area contributed by atoms with Gasteiger partial charge in [0.25, 0.3) is 0 Å². The lowest BCUT2D eigenvalue weighted by Gasteiger charge is -2.40. The number of hydrogen-bond donors (Lipinski definition) is 0. The summed E-state index contributed by atoms with van der Waals surface area (Å²) in [7, 11) is 0. The summed E-state index contributed by atoms with van der Waals surface area (Å²) in [5.74, 6) is 3.53. The third-order valence-electron chi connectivity index (χ3n) is 15.2. The molecule has 312 valence electrons. The van der Waals surface area contributed by atoms with Crippen LogP contribution in [0, 0.1) is 0 Å². The molecule has 0 fully saturated rings. The van der Waals surface area contributed by atoms with Gasteiger partial charge in [-0.1, -0.05) is 188 Å². The Bertz CT molecular complexity index is 3630. The molecule has 0 saturated carbocycles. The van der Waals surface area contributed by atoms with Gasteiger partial charge in [-0.05, 0) is 103 Å². The lowest BCUT2D eigenvalue weighted by molar-refractivity contribution is 0.436. The second kappa shape index (κ2) is 13.4. The zero-order valence-corrected chi connectivity index (χ0v) is 36.3. The largest absolute Gasteiger partial charge is 0.457 e. The van der Waals surface area contributed by atoms with Crippen LogP contribution in [0.15, 0.2) is 237 Å². The minimum atomic E-state index is -0.619. The lowest BCUT2D eigenvalue weighted by Crippen LogP contribution is -2.32. The highest BCUT2D eigenvalue weighted by Gasteiger charge is 2.54. The van der Waals surface area contributed by atoms with Crippen LogP contribution in [0.4, 0.5) is 17.1 Å². The predicted octanol–water partition coefficient (Wildman–Crippen LogP) is 16.4. The molecule has 0 amide bonds. The van der Waals surface area contributed by atoms with Crippen LogP contribution in [-0.4, -0.2) is 0 Å². The Morgan fingerprint density at radius 3 is 1.18 bits per heavy atom. The molecule has 2 aliphatic heterocycles. The van der Waals surface area contributed by atoms with Crippen LogP contribution in [-0.2, 0) is 10.8 Å². The molecule has 4 aliphatic rings. The van der Waals surface area contributed by atoms with E-state index >= 15 is 0 Å². The highest BCUT2D eigenvalue weighted by atomic mass is 16.5. The van der Waals surface area contributed by atoms with Crippen molar-refractivity contribution in [2.24, 2.45) is 0 Å². The average Bonchev–Trinajstić information content (AvgIpc) is 3.86. The maximum Gasteiger partial charge on any atom is 0.132 e. The molecular weight excluding hydrogens is 815 g/mol. The first-order chi connectivity index (χ1) is 33.2. The zero-order valence-electron chi connectivity index (χ0n) is 36.3. The van der Waals surface area contributed by atoms with Gasteiger partial charge in [0, 0.05) is 39.1 Å². The van der Waals surface area contributed by atoms with Crippen molar-refractivity contribution in [2.75, 3.05) is 4.90 Å². The molecule has 0 N–H and O–H groups in total. The fourth-order valence-electron chi connectivity index (χ4n) is 12.7. The Hall–Kier alpha value is -8.66. The zero-order chi connectivity index (χ0) is 43.8. The SMILES string of the molecule is c1ccc2c(c1)Oc1ccccc1C21c2ccccc2-c2c(N(c3ccc4c(ccc5ccccc54)c3)c3cccc4c3-c3ccccc3C43c4ccccc4Oc4ccccc43)cccc21. The van der Waals surface area contributed by atoms with E-state index in [-0.39, 0.29) is 0 Å². The van der Waals surface area contributed by atoms with E-state index in [1.807, 2.05) is 0 Å². The second-order valence-electron chi connectivity index (χ2n) is 18.2. The molecule has 0 unspecified atom stereocenters. The van der Waals surface area contributed by atoms with Crippen molar-refractivity contribution in [1.29, 1.82) is 0 Å². The summed E-state index contributed by atoms with van der Waals surface area (Å²) in [5.41, 5.74) is 16.5. The van der Waals surface area contributed by atoms with Gasteiger partial charge in [-0.25, -0.2) is 0 Å². The van der Waals surface area contributed by atoms with Crippen LogP contribution in [0.3, 0.4) is 0 Å². The van der Waals surface area contributed by atoms with E-state index in [1.54, 1.807) is 0 Å². The number of hydrogen-bond acceptors (Lipinski definition) is 3. The maximum absolute atomic E-state index is 6.75. The van der Waals surface area contributed by atoms with Crippen LogP contribution in [0.25, 0.3) is 43.8 Å². The van der Waals surface area contributed by atoms with E-state index in [0.717, 1.165) is 62.3 Å². The molecule has 3 heteroatoms. The number of para-hydroxylation sites is 4. The molecule has 0 saturated heterocycles. The Morgan fingerprint density at radius 1 is 0.284 bits per heavy atom. The summed E-state index contributed by atoms with van der Waals surface area (Å²) in [6.45, 7) is 0. The van der Waals surface area contributed by atoms with Gasteiger partial charge in [0.1, 0.15) is 23.0 Å². The van der Waals surface area contributed by atoms with Crippen LogP contribution in [0.5, 0.6) is 23.0 Å². The van der Waals surface area contributed by atoms with Gasteiger partial charge in [-0.15, -0.1) is 0 Å². The van der Waals surface area contributed by atoms with E-state index in [0.29, 0.717) is 0 Å². The molecule has 15 rings (SSSR count). The number of benzene rings is 11. The average molecular weight is 854 g/mol. The monoisotopic (exact) mass is 853 g/mol. The Morgan fingerprint density at radius 2 is 0.672 bits per heavy atom. The fraction of sp³-hybridized carbons (Fsp3) is 0.0312. The summed E-state index contributed by atoms with van der Waals surface area (Å²) in [6, 6.07) is 86.8. The van der Waals surface area contributed by atoms with Crippen molar-refractivity contribution < 1.29 is 9.47 Å². The van der Waals surface area contributed by atoms with Crippen molar-refractivity contribution in [3.63, 3.8) is 0 Å². The van der Waals surface area contributed by atoms with Crippen molar-refractivity contribution >= 4 is 38.6 Å². The number of fused-ring (bicyclic) bond motifs is 21. The fourth-order valence-corrected chi connectivity index (χ4v) is 12.7. The minimum absolute atomic E-state index is 0.619. The molecular formula is C64H39NO2. The summed E-state index contributed by atoms with van der Waals surface area (Å²) in [6.07, 6.45) is 0. The van der Waals surface area contributed by atoms with Crippen molar-refractivity contribution in [2.45, 2.75) is 10.8 Å². The number of ether oxygens (including phenoxy) is 2. The summed E-state index contributed by atoms with van der Waals surface area (Å²) in [4.78, 5) is 2.56. The molecule has 2 spiro atoms. The highest BCUT2D eigenvalue weighted by molar-refractivity contribution is 6.10. The topological polar surface area (TPSA) is 21.7 Å². The second-order valence-corrected chi connectivity index (χ2v) is 18.2. The predicted molar refractivity (Wildman–Crippen MR) is 271 cm³/mol. The van der Waals surface area contributed by atoms with Gasteiger partial charge >= 0.3 is 0 Å². The normalized spacial score (nSPS) is 14.4. The first kappa shape index (κ1) is 36.7. The Kier molecular flexibility index (Phi) is 7.36. The first-order valence-corrected chi connectivity index (χ1v) is 23.2. The third-order valence-corrected chi connectivity index (χ3v) is 15.2. The van der Waals surface area contributed by atoms with Gasteiger partial charge in [0.2, 0.25) is 0 Å². The van der Waals surface area contributed by atoms with Gasteiger partial charge in [-0.3, -0.25) is 0 Å². The Balaban J connectivity index is 1.07. The quantitative estimate of drug-likeness (QED) is 0.165. The maximum atomic E-state index is 6.75.